The number of nitrogens with zero attached hydrogens (tertiary/aromatic N) is 2. The smallest absolute Gasteiger partial charge is 0.0555 e. The third-order valence-corrected chi connectivity index (χ3v) is 4.58. The molecule has 0 saturated carbocycles. The van der Waals surface area contributed by atoms with E-state index in [1.165, 1.54) is 30.8 Å². The van der Waals surface area contributed by atoms with E-state index in [9.17, 15) is 0 Å². The van der Waals surface area contributed by atoms with Gasteiger partial charge in [0.05, 0.1) is 6.54 Å². The van der Waals surface area contributed by atoms with Crippen LogP contribution in [0.1, 0.15) is 23.3 Å². The van der Waals surface area contributed by atoms with Crippen LogP contribution in [0, 0.1) is 11.8 Å². The van der Waals surface area contributed by atoms with Gasteiger partial charge in [-0.05, 0) is 33.0 Å². The second kappa shape index (κ2) is 7.06. The molecule has 0 bridgehead atoms. The Bertz CT molecular complexity index is 447. The quantitative estimate of drug-likeness (QED) is 0.852. The SMILES string of the molecule is CN(C)C1CCN(Cc2cc(C#CCN)cs2)CC1. The van der Waals surface area contributed by atoms with Crippen LogP contribution >= 0.6 is 11.3 Å². The molecule has 0 radical (unpaired) electrons. The average Bonchev–Trinajstić information content (AvgIpc) is 2.84. The fraction of sp³-hybridized carbons (Fsp3) is 0.600. The summed E-state index contributed by atoms with van der Waals surface area (Å²) in [6, 6.07) is 2.95. The lowest BCUT2D eigenvalue weighted by Gasteiger charge is -2.34. The molecule has 0 aromatic carbocycles. The van der Waals surface area contributed by atoms with Crippen molar-refractivity contribution < 1.29 is 0 Å². The average molecular weight is 277 g/mol. The third-order valence-electron chi connectivity index (χ3n) is 3.66. The van der Waals surface area contributed by atoms with Crippen LogP contribution in [0.25, 0.3) is 0 Å². The first-order valence-electron chi connectivity index (χ1n) is 6.84. The molecule has 19 heavy (non-hydrogen) atoms. The summed E-state index contributed by atoms with van der Waals surface area (Å²) in [5.41, 5.74) is 6.49. The van der Waals surface area contributed by atoms with E-state index in [1.807, 2.05) is 0 Å². The molecular weight excluding hydrogens is 254 g/mol. The largest absolute Gasteiger partial charge is 0.320 e. The van der Waals surface area contributed by atoms with Gasteiger partial charge >= 0.3 is 0 Å². The Morgan fingerprint density at radius 2 is 2.16 bits per heavy atom. The molecule has 104 valence electrons. The van der Waals surface area contributed by atoms with Gasteiger partial charge < -0.3 is 10.6 Å². The van der Waals surface area contributed by atoms with Crippen molar-refractivity contribution in [3.8, 4) is 11.8 Å². The van der Waals surface area contributed by atoms with Gasteiger partial charge in [-0.1, -0.05) is 11.8 Å². The first-order chi connectivity index (χ1) is 9.19. The van der Waals surface area contributed by atoms with E-state index in [2.05, 4.69) is 47.2 Å². The van der Waals surface area contributed by atoms with E-state index in [1.54, 1.807) is 11.3 Å². The zero-order chi connectivity index (χ0) is 13.7. The molecule has 2 N–H and O–H groups in total. The Balaban J connectivity index is 1.84. The van der Waals surface area contributed by atoms with Crippen molar-refractivity contribution >= 4 is 11.3 Å². The second-order valence-electron chi connectivity index (χ2n) is 5.28. The highest BCUT2D eigenvalue weighted by molar-refractivity contribution is 7.10. The van der Waals surface area contributed by atoms with Crippen molar-refractivity contribution in [3.05, 3.63) is 21.9 Å². The van der Waals surface area contributed by atoms with E-state index in [4.69, 9.17) is 5.73 Å². The minimum atomic E-state index is 0.434. The highest BCUT2D eigenvalue weighted by atomic mass is 32.1. The molecule has 1 aliphatic heterocycles. The Morgan fingerprint density at radius 1 is 1.42 bits per heavy atom. The summed E-state index contributed by atoms with van der Waals surface area (Å²) in [7, 11) is 4.37. The maximum Gasteiger partial charge on any atom is 0.0555 e. The van der Waals surface area contributed by atoms with Crippen LogP contribution in [0.2, 0.25) is 0 Å². The van der Waals surface area contributed by atoms with Gasteiger partial charge in [0.25, 0.3) is 0 Å². The third kappa shape index (κ3) is 4.32. The molecule has 2 heterocycles. The molecule has 0 amide bonds. The predicted molar refractivity (Wildman–Crippen MR) is 82.2 cm³/mol. The van der Waals surface area contributed by atoms with Gasteiger partial charge in [-0.15, -0.1) is 11.3 Å². The molecular formula is C15H23N3S. The van der Waals surface area contributed by atoms with Crippen LogP contribution in [0.15, 0.2) is 11.4 Å². The predicted octanol–water partition coefficient (Wildman–Crippen LogP) is 1.58. The Hall–Kier alpha value is -0.860. The summed E-state index contributed by atoms with van der Waals surface area (Å²) >= 11 is 1.81. The lowest BCUT2D eigenvalue weighted by molar-refractivity contribution is 0.141. The summed E-state index contributed by atoms with van der Waals surface area (Å²) in [6.45, 7) is 3.90. The van der Waals surface area contributed by atoms with Gasteiger partial charge in [0, 0.05) is 41.5 Å². The van der Waals surface area contributed by atoms with Crippen molar-refractivity contribution in [2.75, 3.05) is 33.7 Å². The van der Waals surface area contributed by atoms with E-state index in [0.717, 1.165) is 18.2 Å². The maximum absolute atomic E-state index is 5.39. The lowest BCUT2D eigenvalue weighted by Crippen LogP contribution is -2.41. The van der Waals surface area contributed by atoms with Crippen molar-refractivity contribution in [3.63, 3.8) is 0 Å². The monoisotopic (exact) mass is 277 g/mol. The summed E-state index contributed by atoms with van der Waals surface area (Å²) in [4.78, 5) is 6.30. The molecule has 2 rings (SSSR count). The number of nitrogens with two attached hydrogens (primary N) is 1. The molecule has 1 fully saturated rings. The van der Waals surface area contributed by atoms with Crippen molar-refractivity contribution in [1.82, 2.24) is 9.80 Å². The summed E-state index contributed by atoms with van der Waals surface area (Å²) in [6.07, 6.45) is 2.55. The standard InChI is InChI=1S/C15H23N3S/c1-17(2)14-5-8-18(9-6-14)11-15-10-13(12-19-15)4-3-7-16/h10,12,14H,5-9,11,16H2,1-2H3. The van der Waals surface area contributed by atoms with E-state index < -0.39 is 0 Å². The number of piperidine rings is 1. The molecule has 1 aromatic heterocycles. The number of hydrogen-bond acceptors (Lipinski definition) is 4. The minimum Gasteiger partial charge on any atom is -0.320 e. The van der Waals surface area contributed by atoms with Crippen LogP contribution < -0.4 is 5.73 Å². The van der Waals surface area contributed by atoms with Crippen molar-refractivity contribution in [2.45, 2.75) is 25.4 Å². The van der Waals surface area contributed by atoms with Gasteiger partial charge in [-0.3, -0.25) is 4.90 Å². The van der Waals surface area contributed by atoms with Crippen LogP contribution in [0.3, 0.4) is 0 Å². The van der Waals surface area contributed by atoms with Crippen molar-refractivity contribution in [1.29, 1.82) is 0 Å². The number of likely N-dealkylation sites (tertiary alicyclic amines) is 1. The van der Waals surface area contributed by atoms with Crippen LogP contribution in [-0.2, 0) is 6.54 Å². The minimum absolute atomic E-state index is 0.434. The van der Waals surface area contributed by atoms with Gasteiger partial charge in [-0.2, -0.15) is 0 Å². The first kappa shape index (κ1) is 14.5. The number of rotatable bonds is 3. The molecule has 3 nitrogen and oxygen atoms in total. The first-order valence-corrected chi connectivity index (χ1v) is 7.72. The highest BCUT2D eigenvalue weighted by Crippen LogP contribution is 2.20. The Morgan fingerprint density at radius 3 is 2.79 bits per heavy atom. The molecule has 0 spiro atoms. The zero-order valence-electron chi connectivity index (χ0n) is 11.9. The van der Waals surface area contributed by atoms with E-state index >= 15 is 0 Å². The van der Waals surface area contributed by atoms with Crippen molar-refractivity contribution in [2.24, 2.45) is 5.73 Å². The normalized spacial score (nSPS) is 17.5. The van der Waals surface area contributed by atoms with Gasteiger partial charge in [-0.25, -0.2) is 0 Å². The number of hydrogen-bond donors (Lipinski definition) is 1. The zero-order valence-corrected chi connectivity index (χ0v) is 12.7. The fourth-order valence-electron chi connectivity index (χ4n) is 2.50. The lowest BCUT2D eigenvalue weighted by atomic mass is 10.0. The van der Waals surface area contributed by atoms with Crippen LogP contribution in [0.4, 0.5) is 0 Å². The summed E-state index contributed by atoms with van der Waals surface area (Å²) in [5, 5.41) is 2.13. The van der Waals surface area contributed by atoms with E-state index in [-0.39, 0.29) is 0 Å². The summed E-state index contributed by atoms with van der Waals surface area (Å²) in [5.74, 6) is 6.00. The van der Waals surface area contributed by atoms with Gasteiger partial charge in [0.15, 0.2) is 0 Å². The maximum atomic E-state index is 5.39. The van der Waals surface area contributed by atoms with Gasteiger partial charge in [0.2, 0.25) is 0 Å². The second-order valence-corrected chi connectivity index (χ2v) is 6.27. The highest BCUT2D eigenvalue weighted by Gasteiger charge is 2.20. The summed E-state index contributed by atoms with van der Waals surface area (Å²) < 4.78 is 0. The Labute approximate surface area is 120 Å². The molecule has 1 aliphatic rings. The van der Waals surface area contributed by atoms with Crippen LogP contribution in [-0.4, -0.2) is 49.6 Å². The topological polar surface area (TPSA) is 32.5 Å². The van der Waals surface area contributed by atoms with Gasteiger partial charge in [0.1, 0.15) is 0 Å². The molecule has 0 unspecified atom stereocenters. The molecule has 1 aromatic rings. The molecule has 4 heteroatoms. The van der Waals surface area contributed by atoms with Crippen LogP contribution in [0.5, 0.6) is 0 Å². The van der Waals surface area contributed by atoms with E-state index in [0.29, 0.717) is 6.54 Å². The molecule has 0 atom stereocenters. The fourth-order valence-corrected chi connectivity index (χ4v) is 3.35. The molecule has 1 saturated heterocycles. The number of thiophene rings is 1. The molecule has 0 aliphatic carbocycles. The Kier molecular flexibility index (Phi) is 5.41.